The third-order valence-electron chi connectivity index (χ3n) is 1.78. The Kier molecular flexibility index (Phi) is 4.93. The molecule has 1 rings (SSSR count). The molecule has 0 aliphatic carbocycles. The highest BCUT2D eigenvalue weighted by molar-refractivity contribution is 5.91. The molecule has 0 saturated heterocycles. The summed E-state index contributed by atoms with van der Waals surface area (Å²) in [5.41, 5.74) is 0.327. The molecule has 1 aromatic rings. The zero-order chi connectivity index (χ0) is 12.7. The van der Waals surface area contributed by atoms with Crippen LogP contribution in [-0.2, 0) is 9.47 Å². The van der Waals surface area contributed by atoms with Gasteiger partial charge in [0.2, 0.25) is 0 Å². The van der Waals surface area contributed by atoms with Crippen LogP contribution in [0.5, 0.6) is 0 Å². The number of ether oxygens (including phenoxy) is 2. The summed E-state index contributed by atoms with van der Waals surface area (Å²) in [4.78, 5) is 26.4. The number of hydrogen-bond acceptors (Lipinski definition) is 5. The molecular weight excluding hydrogens is 224 g/mol. The molecule has 6 nitrogen and oxygen atoms in total. The smallest absolute Gasteiger partial charge is 0.412 e. The van der Waals surface area contributed by atoms with Crippen LogP contribution in [0, 0.1) is 0 Å². The van der Waals surface area contributed by atoms with Crippen molar-refractivity contribution in [3.8, 4) is 0 Å². The molecular formula is C11H14N2O4. The minimum absolute atomic E-state index is 0.244. The van der Waals surface area contributed by atoms with E-state index < -0.39 is 12.1 Å². The van der Waals surface area contributed by atoms with Gasteiger partial charge in [-0.05, 0) is 26.0 Å². The van der Waals surface area contributed by atoms with E-state index in [0.717, 1.165) is 0 Å². The van der Waals surface area contributed by atoms with E-state index in [1.165, 1.54) is 18.3 Å². The normalized spacial score (nSPS) is 9.53. The SMILES string of the molecule is CCOC(=O)Nc1cc(C(=O)OCC)ccn1. The summed E-state index contributed by atoms with van der Waals surface area (Å²) in [6.45, 7) is 3.98. The van der Waals surface area contributed by atoms with E-state index >= 15 is 0 Å². The molecule has 0 aromatic carbocycles. The number of hydrogen-bond donors (Lipinski definition) is 1. The molecule has 0 atom stereocenters. The van der Waals surface area contributed by atoms with Gasteiger partial charge in [0.25, 0.3) is 0 Å². The van der Waals surface area contributed by atoms with Crippen LogP contribution in [-0.4, -0.2) is 30.3 Å². The molecule has 0 unspecified atom stereocenters. The van der Waals surface area contributed by atoms with Crippen LogP contribution in [0.4, 0.5) is 10.6 Å². The first-order chi connectivity index (χ1) is 8.17. The molecule has 1 aromatic heterocycles. The summed E-state index contributed by atoms with van der Waals surface area (Å²) in [6.07, 6.45) is 0.800. The maximum absolute atomic E-state index is 11.4. The highest BCUT2D eigenvalue weighted by atomic mass is 16.5. The molecule has 0 fully saturated rings. The molecule has 0 aliphatic rings. The van der Waals surface area contributed by atoms with Crippen molar-refractivity contribution >= 4 is 17.9 Å². The van der Waals surface area contributed by atoms with Crippen LogP contribution in [0.3, 0.4) is 0 Å². The molecule has 1 amide bonds. The van der Waals surface area contributed by atoms with Gasteiger partial charge in [0.15, 0.2) is 0 Å². The predicted molar refractivity (Wildman–Crippen MR) is 60.8 cm³/mol. The van der Waals surface area contributed by atoms with Crippen molar-refractivity contribution in [2.75, 3.05) is 18.5 Å². The summed E-state index contributed by atoms with van der Waals surface area (Å²) in [7, 11) is 0. The molecule has 92 valence electrons. The van der Waals surface area contributed by atoms with Gasteiger partial charge in [0.05, 0.1) is 18.8 Å². The quantitative estimate of drug-likeness (QED) is 0.809. The monoisotopic (exact) mass is 238 g/mol. The number of rotatable bonds is 4. The van der Waals surface area contributed by atoms with Crippen molar-refractivity contribution < 1.29 is 19.1 Å². The number of carbonyl (C=O) groups is 2. The van der Waals surface area contributed by atoms with E-state index in [1.54, 1.807) is 13.8 Å². The van der Waals surface area contributed by atoms with Gasteiger partial charge >= 0.3 is 12.1 Å². The largest absolute Gasteiger partial charge is 0.462 e. The van der Waals surface area contributed by atoms with E-state index in [4.69, 9.17) is 4.74 Å². The number of esters is 1. The Balaban J connectivity index is 2.72. The molecule has 0 spiro atoms. The highest BCUT2D eigenvalue weighted by Gasteiger charge is 2.09. The van der Waals surface area contributed by atoms with Gasteiger partial charge in [0.1, 0.15) is 5.82 Å². The Morgan fingerprint density at radius 2 is 2.00 bits per heavy atom. The van der Waals surface area contributed by atoms with Crippen molar-refractivity contribution in [2.24, 2.45) is 0 Å². The third kappa shape index (κ3) is 4.10. The van der Waals surface area contributed by atoms with E-state index in [1.807, 2.05) is 0 Å². The van der Waals surface area contributed by atoms with Gasteiger partial charge < -0.3 is 9.47 Å². The van der Waals surface area contributed by atoms with Crippen LogP contribution in [0.15, 0.2) is 18.3 Å². The van der Waals surface area contributed by atoms with E-state index in [-0.39, 0.29) is 12.4 Å². The standard InChI is InChI=1S/C11H14N2O4/c1-3-16-10(14)8-5-6-12-9(7-8)13-11(15)17-4-2/h5-7H,3-4H2,1-2H3,(H,12,13,15). The lowest BCUT2D eigenvalue weighted by Crippen LogP contribution is -2.15. The number of amides is 1. The Bertz CT molecular complexity index is 406. The van der Waals surface area contributed by atoms with Crippen LogP contribution >= 0.6 is 0 Å². The fourth-order valence-corrected chi connectivity index (χ4v) is 1.11. The molecule has 6 heteroatoms. The second kappa shape index (κ2) is 6.47. The summed E-state index contributed by atoms with van der Waals surface area (Å²) >= 11 is 0. The van der Waals surface area contributed by atoms with Gasteiger partial charge in [-0.25, -0.2) is 14.6 Å². The molecule has 1 N–H and O–H groups in total. The predicted octanol–water partition coefficient (Wildman–Crippen LogP) is 1.83. The summed E-state index contributed by atoms with van der Waals surface area (Å²) in [5.74, 6) is -0.212. The summed E-state index contributed by atoms with van der Waals surface area (Å²) in [6, 6.07) is 2.93. The van der Waals surface area contributed by atoms with E-state index in [2.05, 4.69) is 15.0 Å². The lowest BCUT2D eigenvalue weighted by atomic mass is 10.2. The number of nitrogens with one attached hydrogen (secondary N) is 1. The van der Waals surface area contributed by atoms with Crippen LogP contribution < -0.4 is 5.32 Å². The molecule has 0 saturated carbocycles. The second-order valence-corrected chi connectivity index (χ2v) is 3.00. The minimum Gasteiger partial charge on any atom is -0.462 e. The number of aromatic nitrogens is 1. The van der Waals surface area contributed by atoms with Gasteiger partial charge in [-0.3, -0.25) is 5.32 Å². The Morgan fingerprint density at radius 3 is 2.65 bits per heavy atom. The Labute approximate surface area is 98.9 Å². The van der Waals surface area contributed by atoms with Crippen LogP contribution in [0.25, 0.3) is 0 Å². The fraction of sp³-hybridized carbons (Fsp3) is 0.364. The first-order valence-corrected chi connectivity index (χ1v) is 5.24. The minimum atomic E-state index is -0.610. The molecule has 0 aliphatic heterocycles. The van der Waals surface area contributed by atoms with Gasteiger partial charge in [-0.15, -0.1) is 0 Å². The van der Waals surface area contributed by atoms with E-state index in [9.17, 15) is 9.59 Å². The summed E-state index contributed by atoms with van der Waals surface area (Å²) in [5, 5.41) is 2.40. The molecule has 1 heterocycles. The van der Waals surface area contributed by atoms with E-state index in [0.29, 0.717) is 12.2 Å². The van der Waals surface area contributed by atoms with Crippen molar-refractivity contribution in [2.45, 2.75) is 13.8 Å². The maximum Gasteiger partial charge on any atom is 0.412 e. The topological polar surface area (TPSA) is 77.5 Å². The molecule has 17 heavy (non-hydrogen) atoms. The highest BCUT2D eigenvalue weighted by Crippen LogP contribution is 2.08. The summed E-state index contributed by atoms with van der Waals surface area (Å²) < 4.78 is 9.51. The van der Waals surface area contributed by atoms with Gasteiger partial charge in [-0.2, -0.15) is 0 Å². The second-order valence-electron chi connectivity index (χ2n) is 3.00. The zero-order valence-corrected chi connectivity index (χ0v) is 9.73. The average Bonchev–Trinajstić information content (AvgIpc) is 2.30. The Morgan fingerprint density at radius 1 is 1.29 bits per heavy atom. The first-order valence-electron chi connectivity index (χ1n) is 5.24. The number of anilines is 1. The van der Waals surface area contributed by atoms with Crippen LogP contribution in [0.2, 0.25) is 0 Å². The Hall–Kier alpha value is -2.11. The maximum atomic E-state index is 11.4. The van der Waals surface area contributed by atoms with Crippen molar-refractivity contribution in [3.63, 3.8) is 0 Å². The van der Waals surface area contributed by atoms with Crippen molar-refractivity contribution in [1.29, 1.82) is 0 Å². The van der Waals surface area contributed by atoms with Crippen molar-refractivity contribution in [3.05, 3.63) is 23.9 Å². The molecule has 0 radical (unpaired) electrons. The zero-order valence-electron chi connectivity index (χ0n) is 9.73. The molecule has 0 bridgehead atoms. The number of nitrogens with zero attached hydrogens (tertiary/aromatic N) is 1. The van der Waals surface area contributed by atoms with Gasteiger partial charge in [0, 0.05) is 6.20 Å². The third-order valence-corrected chi connectivity index (χ3v) is 1.78. The van der Waals surface area contributed by atoms with Crippen LogP contribution in [0.1, 0.15) is 24.2 Å². The fourth-order valence-electron chi connectivity index (χ4n) is 1.11. The van der Waals surface area contributed by atoms with Crippen molar-refractivity contribution in [1.82, 2.24) is 4.98 Å². The number of pyridine rings is 1. The number of carbonyl (C=O) groups excluding carboxylic acids is 2. The lowest BCUT2D eigenvalue weighted by molar-refractivity contribution is 0.0526. The first kappa shape index (κ1) is 13.0. The lowest BCUT2D eigenvalue weighted by Gasteiger charge is -2.06. The van der Waals surface area contributed by atoms with Gasteiger partial charge in [-0.1, -0.05) is 0 Å². The average molecular weight is 238 g/mol.